The smallest absolute Gasteiger partial charge is 0.550 e. The number of carbonyl (C=O) groups excluding carboxylic acids is 4. The first-order valence-corrected chi connectivity index (χ1v) is 26.2. The molecule has 2 radical (unpaired) electrons. The molecular formula is C58H48Cl8Cu2N4O10. The van der Waals surface area contributed by atoms with E-state index in [-0.39, 0.29) is 59.8 Å². The normalized spacial score (nSPS) is 9.61. The van der Waals surface area contributed by atoms with E-state index in [1.165, 1.54) is 0 Å². The van der Waals surface area contributed by atoms with Crippen molar-refractivity contribution < 1.29 is 84.0 Å². The van der Waals surface area contributed by atoms with E-state index in [1.54, 1.807) is 170 Å². The molecule has 24 heteroatoms. The molecule has 8 aromatic carbocycles. The maximum atomic E-state index is 10.7. The molecule has 438 valence electrons. The van der Waals surface area contributed by atoms with Crippen molar-refractivity contribution in [3.05, 3.63) is 232 Å². The third-order valence-electron chi connectivity index (χ3n) is 10.3. The van der Waals surface area contributed by atoms with E-state index < -0.39 is 23.9 Å². The van der Waals surface area contributed by atoms with Crippen LogP contribution < -0.4 is 41.7 Å². The van der Waals surface area contributed by atoms with Gasteiger partial charge in [0.05, 0.1) is 62.9 Å². The van der Waals surface area contributed by atoms with Gasteiger partial charge in [-0.15, -0.1) is 0 Å². The Kier molecular flexibility index (Phi) is 35.8. The van der Waals surface area contributed by atoms with Crippen molar-refractivity contribution in [3.8, 4) is 0 Å². The van der Waals surface area contributed by atoms with E-state index in [4.69, 9.17) is 103 Å². The van der Waals surface area contributed by atoms with Crippen molar-refractivity contribution in [2.45, 2.75) is 25.7 Å². The van der Waals surface area contributed by atoms with Gasteiger partial charge in [-0.1, -0.05) is 190 Å². The maximum Gasteiger partial charge on any atom is 2.00 e. The summed E-state index contributed by atoms with van der Waals surface area (Å²) in [5.41, 5.74) is 7.21. The predicted molar refractivity (Wildman–Crippen MR) is 316 cm³/mol. The summed E-state index contributed by atoms with van der Waals surface area (Å²) in [6, 6.07) is 48.7. The van der Waals surface area contributed by atoms with E-state index in [0.717, 1.165) is 14.2 Å². The van der Waals surface area contributed by atoms with Crippen molar-refractivity contribution in [1.29, 1.82) is 0 Å². The number of benzene rings is 8. The van der Waals surface area contributed by atoms with Gasteiger partial charge in [0.15, 0.2) is 0 Å². The van der Waals surface area contributed by atoms with Crippen LogP contribution in [0.25, 0.3) is 0 Å². The first-order chi connectivity index (χ1) is 38.3. The van der Waals surface area contributed by atoms with Crippen LogP contribution in [0.3, 0.4) is 0 Å². The Hall–Kier alpha value is -5.88. The number of anilines is 8. The zero-order chi connectivity index (χ0) is 59.3. The van der Waals surface area contributed by atoms with Crippen LogP contribution in [-0.2, 0) is 79.0 Å². The molecule has 0 bridgehead atoms. The molecule has 6 N–H and O–H groups in total. The zero-order valence-electron chi connectivity index (χ0n) is 42.8. The summed E-state index contributed by atoms with van der Waals surface area (Å²) in [5.74, 6) is -4.56. The molecule has 0 amide bonds. The molecule has 0 saturated carbocycles. The third-order valence-corrected chi connectivity index (χ3v) is 12.8. The number of rotatable bonds is 16. The molecule has 0 heterocycles. The monoisotopic (exact) mass is 1370 g/mol. The summed E-state index contributed by atoms with van der Waals surface area (Å²) in [7, 11) is 2.00. The Bertz CT molecular complexity index is 2830. The average Bonchev–Trinajstić information content (AvgIpc) is 3.41. The Morgan fingerprint density at radius 3 is 0.585 bits per heavy atom. The largest absolute Gasteiger partial charge is 2.00 e. The second kappa shape index (κ2) is 39.6. The number of aliphatic hydroxyl groups excluding tert-OH is 2. The minimum atomic E-state index is -1.14. The van der Waals surface area contributed by atoms with Crippen LogP contribution >= 0.6 is 92.8 Å². The van der Waals surface area contributed by atoms with Gasteiger partial charge in [-0.05, 0) is 95.1 Å². The maximum absolute atomic E-state index is 10.7. The summed E-state index contributed by atoms with van der Waals surface area (Å²) < 4.78 is 0. The SMILES string of the molecule is CO.CO.O=C([O-])Cc1ccccc1Nc1c(Cl)cccc1Cl.O=C([O-])Cc1ccccc1Nc1c(Cl)cccc1Cl.O=C([O-])Cc1ccccc1Nc1c(Cl)cccc1Cl.O=C([O-])Cc1ccccc1Nc1c(Cl)cccc1Cl.[Cu+2].[Cu+2]. The number of carboxylic acids is 4. The molecule has 8 rings (SSSR count). The van der Waals surface area contributed by atoms with Crippen molar-refractivity contribution in [2.24, 2.45) is 0 Å². The molecule has 0 aliphatic rings. The molecule has 82 heavy (non-hydrogen) atoms. The van der Waals surface area contributed by atoms with Crippen molar-refractivity contribution in [2.75, 3.05) is 35.5 Å². The molecule has 8 aromatic rings. The van der Waals surface area contributed by atoms with Gasteiger partial charge in [0.25, 0.3) is 0 Å². The number of carboxylic acid groups (broad SMARTS) is 4. The number of aliphatic carboxylic acids is 4. The number of hydrogen-bond donors (Lipinski definition) is 6. The molecule has 0 saturated heterocycles. The van der Waals surface area contributed by atoms with Gasteiger partial charge in [-0.3, -0.25) is 0 Å². The average molecular weight is 1370 g/mol. The fourth-order valence-electron chi connectivity index (χ4n) is 6.82. The Labute approximate surface area is 535 Å². The van der Waals surface area contributed by atoms with Gasteiger partial charge in [-0.2, -0.15) is 0 Å². The van der Waals surface area contributed by atoms with E-state index in [1.807, 2.05) is 0 Å². The van der Waals surface area contributed by atoms with Crippen LogP contribution in [0.4, 0.5) is 45.5 Å². The second-order valence-corrected chi connectivity index (χ2v) is 19.0. The first-order valence-electron chi connectivity index (χ1n) is 23.2. The molecule has 14 nitrogen and oxygen atoms in total. The number of aliphatic hydroxyl groups is 2. The standard InChI is InChI=1S/4C14H11Cl2NO2.2CH4O.2Cu/c4*15-10-5-3-6-11(16)14(10)17-12-7-2-1-4-9(12)8-13(18)19;2*1-2;;/h4*1-7,17H,8H2,(H,18,19);2*2H,1H3;;/q;;;;;;2*+2/p-4. The minimum Gasteiger partial charge on any atom is -0.550 e. The number of hydrogen-bond acceptors (Lipinski definition) is 14. The molecule has 0 fully saturated rings. The van der Waals surface area contributed by atoms with Gasteiger partial charge in [0.1, 0.15) is 0 Å². The molecule has 0 unspecified atom stereocenters. The summed E-state index contributed by atoms with van der Waals surface area (Å²) in [4.78, 5) is 42.9. The molecular weight excluding hydrogens is 1320 g/mol. The number of nitrogens with one attached hydrogen (secondary N) is 4. The molecule has 0 aromatic heterocycles. The summed E-state index contributed by atoms with van der Waals surface area (Å²) in [6.07, 6.45) is -0.701. The van der Waals surface area contributed by atoms with Crippen molar-refractivity contribution in [3.63, 3.8) is 0 Å². The minimum absolute atomic E-state index is 0. The molecule has 0 aliphatic heterocycles. The van der Waals surface area contributed by atoms with Gasteiger partial charge in [0.2, 0.25) is 0 Å². The second-order valence-electron chi connectivity index (χ2n) is 15.7. The van der Waals surface area contributed by atoms with Crippen LogP contribution in [0.15, 0.2) is 170 Å². The van der Waals surface area contributed by atoms with Crippen LogP contribution in [0.1, 0.15) is 22.3 Å². The van der Waals surface area contributed by atoms with Crippen LogP contribution in [-0.4, -0.2) is 48.3 Å². The fourth-order valence-corrected chi connectivity index (χ4v) is 8.78. The summed E-state index contributed by atoms with van der Waals surface area (Å²) in [5, 5.41) is 72.8. The number of halogens is 8. The molecule has 0 aliphatic carbocycles. The van der Waals surface area contributed by atoms with Gasteiger partial charge >= 0.3 is 34.1 Å². The summed E-state index contributed by atoms with van der Waals surface area (Å²) in [6.45, 7) is 0. The van der Waals surface area contributed by atoms with Gasteiger partial charge < -0.3 is 71.1 Å². The van der Waals surface area contributed by atoms with Crippen LogP contribution in [0.5, 0.6) is 0 Å². The Morgan fingerprint density at radius 1 is 0.293 bits per heavy atom. The van der Waals surface area contributed by atoms with E-state index in [2.05, 4.69) is 21.3 Å². The summed E-state index contributed by atoms with van der Waals surface area (Å²) >= 11 is 48.5. The van der Waals surface area contributed by atoms with Crippen molar-refractivity contribution in [1.82, 2.24) is 0 Å². The van der Waals surface area contributed by atoms with E-state index in [0.29, 0.717) is 108 Å². The molecule has 0 spiro atoms. The Balaban J connectivity index is 0.000000531. The quantitative estimate of drug-likeness (QED) is 0.0493. The number of para-hydroxylation sites is 8. The number of carbonyl (C=O) groups is 4. The predicted octanol–water partition coefficient (Wildman–Crippen LogP) is 11.3. The zero-order valence-corrected chi connectivity index (χ0v) is 50.7. The topological polar surface area (TPSA) is 249 Å². The third kappa shape index (κ3) is 24.9. The van der Waals surface area contributed by atoms with E-state index >= 15 is 0 Å². The first kappa shape index (κ1) is 74.1. The fraction of sp³-hybridized carbons (Fsp3) is 0.103. The van der Waals surface area contributed by atoms with Crippen LogP contribution in [0.2, 0.25) is 40.2 Å². The van der Waals surface area contributed by atoms with Gasteiger partial charge in [-0.25, -0.2) is 0 Å². The van der Waals surface area contributed by atoms with E-state index in [9.17, 15) is 39.6 Å². The Morgan fingerprint density at radius 2 is 0.439 bits per heavy atom. The van der Waals surface area contributed by atoms with Crippen molar-refractivity contribution >= 4 is 162 Å². The molecule has 0 atom stereocenters. The van der Waals surface area contributed by atoms with Crippen LogP contribution in [0, 0.1) is 0 Å². The van der Waals surface area contributed by atoms with Gasteiger partial charge in [0, 0.05) is 86.5 Å².